The van der Waals surface area contributed by atoms with Crippen molar-refractivity contribution in [3.63, 3.8) is 0 Å². The maximum absolute atomic E-state index is 13.0. The summed E-state index contributed by atoms with van der Waals surface area (Å²) in [5.41, 5.74) is 3.41. The standard InChI is InChI=1S/C25H32N4O/c1-3-7-22(21-8-5-4-6-9-21)16-25(30)28-14-11-20(12-15-28)18-29-19(2)27-23-17-26-13-10-24(23)29/h4-6,8-10,13,17,20,22H,3,7,11-12,14-16,18H2,1-2H3. The number of piperidine rings is 1. The van der Waals surface area contributed by atoms with Crippen LogP contribution < -0.4 is 0 Å². The molecule has 0 bridgehead atoms. The molecule has 0 spiro atoms. The number of carbonyl (C=O) groups excluding carboxylic acids is 1. The van der Waals surface area contributed by atoms with Gasteiger partial charge in [-0.25, -0.2) is 4.98 Å². The molecule has 1 saturated heterocycles. The maximum Gasteiger partial charge on any atom is 0.223 e. The molecule has 1 aliphatic rings. The van der Waals surface area contributed by atoms with Crippen LogP contribution in [0.5, 0.6) is 0 Å². The molecule has 1 fully saturated rings. The van der Waals surface area contributed by atoms with Crippen LogP contribution in [0.2, 0.25) is 0 Å². The van der Waals surface area contributed by atoms with E-state index in [1.54, 1.807) is 0 Å². The van der Waals surface area contributed by atoms with Gasteiger partial charge in [-0.1, -0.05) is 43.7 Å². The first-order chi connectivity index (χ1) is 14.7. The van der Waals surface area contributed by atoms with Gasteiger partial charge in [-0.15, -0.1) is 0 Å². The normalized spacial score (nSPS) is 16.1. The fraction of sp³-hybridized carbons (Fsp3) is 0.480. The van der Waals surface area contributed by atoms with E-state index in [1.807, 2.05) is 24.5 Å². The summed E-state index contributed by atoms with van der Waals surface area (Å²) in [5.74, 6) is 2.27. The molecule has 0 N–H and O–H groups in total. The molecule has 1 amide bonds. The molecule has 4 rings (SSSR count). The van der Waals surface area contributed by atoms with E-state index >= 15 is 0 Å². The van der Waals surface area contributed by atoms with Crippen LogP contribution in [-0.4, -0.2) is 38.4 Å². The van der Waals surface area contributed by atoms with E-state index in [4.69, 9.17) is 0 Å². The van der Waals surface area contributed by atoms with Crippen molar-refractivity contribution in [3.05, 3.63) is 60.2 Å². The Morgan fingerprint density at radius 1 is 1.17 bits per heavy atom. The van der Waals surface area contributed by atoms with Crippen LogP contribution in [0.1, 0.15) is 56.3 Å². The smallest absolute Gasteiger partial charge is 0.223 e. The second-order valence-electron chi connectivity index (χ2n) is 8.56. The summed E-state index contributed by atoms with van der Waals surface area (Å²) in [6.45, 7) is 6.96. The Morgan fingerprint density at radius 3 is 2.67 bits per heavy atom. The second-order valence-corrected chi connectivity index (χ2v) is 8.56. The largest absolute Gasteiger partial charge is 0.343 e. The van der Waals surface area contributed by atoms with Crippen molar-refractivity contribution in [2.75, 3.05) is 13.1 Å². The summed E-state index contributed by atoms with van der Waals surface area (Å²) >= 11 is 0. The lowest BCUT2D eigenvalue weighted by Crippen LogP contribution is -2.39. The van der Waals surface area contributed by atoms with Gasteiger partial charge < -0.3 is 9.47 Å². The highest BCUT2D eigenvalue weighted by Crippen LogP contribution is 2.28. The van der Waals surface area contributed by atoms with Gasteiger partial charge in [0.1, 0.15) is 11.3 Å². The van der Waals surface area contributed by atoms with Crippen molar-refractivity contribution in [2.24, 2.45) is 5.92 Å². The Kier molecular flexibility index (Phi) is 6.46. The van der Waals surface area contributed by atoms with Crippen LogP contribution in [0.25, 0.3) is 11.0 Å². The SMILES string of the molecule is CCCC(CC(=O)N1CCC(Cn2c(C)nc3cnccc32)CC1)c1ccccc1. The molecule has 1 aromatic carbocycles. The first-order valence-electron chi connectivity index (χ1n) is 11.2. The number of aryl methyl sites for hydroxylation is 1. The van der Waals surface area contributed by atoms with Gasteiger partial charge in [0.2, 0.25) is 5.91 Å². The molecule has 0 saturated carbocycles. The monoisotopic (exact) mass is 404 g/mol. The summed E-state index contributed by atoms with van der Waals surface area (Å²) in [6, 6.07) is 12.6. The highest BCUT2D eigenvalue weighted by atomic mass is 16.2. The molecule has 0 aliphatic carbocycles. The quantitative estimate of drug-likeness (QED) is 0.560. The summed E-state index contributed by atoms with van der Waals surface area (Å²) in [4.78, 5) is 23.9. The molecule has 1 unspecified atom stereocenters. The van der Waals surface area contributed by atoms with Crippen molar-refractivity contribution in [1.82, 2.24) is 19.4 Å². The average molecular weight is 405 g/mol. The van der Waals surface area contributed by atoms with E-state index in [9.17, 15) is 4.79 Å². The lowest BCUT2D eigenvalue weighted by molar-refractivity contribution is -0.133. The van der Waals surface area contributed by atoms with Crippen LogP contribution in [-0.2, 0) is 11.3 Å². The van der Waals surface area contributed by atoms with E-state index in [0.717, 1.165) is 62.2 Å². The minimum atomic E-state index is 0.311. The zero-order valence-corrected chi connectivity index (χ0v) is 18.1. The van der Waals surface area contributed by atoms with Crippen molar-refractivity contribution < 1.29 is 4.79 Å². The van der Waals surface area contributed by atoms with Gasteiger partial charge in [0.05, 0.1) is 11.7 Å². The first kappa shape index (κ1) is 20.6. The molecule has 2 aromatic heterocycles. The third kappa shape index (κ3) is 4.55. The molecule has 30 heavy (non-hydrogen) atoms. The molecule has 158 valence electrons. The topological polar surface area (TPSA) is 51.0 Å². The Bertz CT molecular complexity index is 973. The third-order valence-electron chi connectivity index (χ3n) is 6.48. The number of carbonyl (C=O) groups is 1. The van der Waals surface area contributed by atoms with Crippen LogP contribution >= 0.6 is 0 Å². The van der Waals surface area contributed by atoms with Gasteiger partial charge >= 0.3 is 0 Å². The van der Waals surface area contributed by atoms with Crippen molar-refractivity contribution in [3.8, 4) is 0 Å². The summed E-state index contributed by atoms with van der Waals surface area (Å²) < 4.78 is 2.31. The molecule has 0 radical (unpaired) electrons. The highest BCUT2D eigenvalue weighted by Gasteiger charge is 2.26. The zero-order chi connectivity index (χ0) is 20.9. The maximum atomic E-state index is 13.0. The van der Waals surface area contributed by atoms with Gasteiger partial charge in [-0.05, 0) is 49.7 Å². The number of hydrogen-bond acceptors (Lipinski definition) is 3. The molecular formula is C25H32N4O. The predicted molar refractivity (Wildman–Crippen MR) is 120 cm³/mol. The molecule has 3 heterocycles. The predicted octanol–water partition coefficient (Wildman–Crippen LogP) is 4.95. The Labute approximate surface area is 179 Å². The number of nitrogens with zero attached hydrogens (tertiary/aromatic N) is 4. The zero-order valence-electron chi connectivity index (χ0n) is 18.1. The first-order valence-corrected chi connectivity index (χ1v) is 11.2. The average Bonchev–Trinajstić information content (AvgIpc) is 3.09. The van der Waals surface area contributed by atoms with Crippen molar-refractivity contribution in [1.29, 1.82) is 0 Å². The van der Waals surface area contributed by atoms with Crippen LogP contribution in [0.15, 0.2) is 48.8 Å². The fourth-order valence-electron chi connectivity index (χ4n) is 4.76. The number of hydrogen-bond donors (Lipinski definition) is 0. The van der Waals surface area contributed by atoms with Crippen LogP contribution in [0, 0.1) is 12.8 Å². The lowest BCUT2D eigenvalue weighted by Gasteiger charge is -2.33. The Morgan fingerprint density at radius 2 is 1.93 bits per heavy atom. The third-order valence-corrected chi connectivity index (χ3v) is 6.48. The van der Waals surface area contributed by atoms with Gasteiger partial charge in [0, 0.05) is 32.3 Å². The van der Waals surface area contributed by atoms with E-state index in [-0.39, 0.29) is 0 Å². The number of aromatic nitrogens is 3. The molecular weight excluding hydrogens is 372 g/mol. The fourth-order valence-corrected chi connectivity index (χ4v) is 4.76. The number of amides is 1. The number of likely N-dealkylation sites (tertiary alicyclic amines) is 1. The van der Waals surface area contributed by atoms with E-state index in [1.165, 1.54) is 5.56 Å². The molecule has 1 aliphatic heterocycles. The van der Waals surface area contributed by atoms with Gasteiger partial charge in [-0.2, -0.15) is 0 Å². The molecule has 5 nitrogen and oxygen atoms in total. The van der Waals surface area contributed by atoms with Crippen LogP contribution in [0.3, 0.4) is 0 Å². The minimum Gasteiger partial charge on any atom is -0.343 e. The lowest BCUT2D eigenvalue weighted by atomic mass is 9.90. The van der Waals surface area contributed by atoms with E-state index < -0.39 is 0 Å². The summed E-state index contributed by atoms with van der Waals surface area (Å²) in [6.07, 6.45) is 8.57. The number of imidazole rings is 1. The second kappa shape index (κ2) is 9.41. The number of pyridine rings is 1. The van der Waals surface area contributed by atoms with Gasteiger partial charge in [0.15, 0.2) is 0 Å². The summed E-state index contributed by atoms with van der Waals surface area (Å²) in [7, 11) is 0. The molecule has 3 aromatic rings. The molecule has 1 atom stereocenters. The number of fused-ring (bicyclic) bond motifs is 1. The van der Waals surface area contributed by atoms with Gasteiger partial charge in [0.25, 0.3) is 0 Å². The minimum absolute atomic E-state index is 0.311. The highest BCUT2D eigenvalue weighted by molar-refractivity contribution is 5.77. The number of benzene rings is 1. The molecule has 5 heteroatoms. The van der Waals surface area contributed by atoms with Crippen LogP contribution in [0.4, 0.5) is 0 Å². The Hall–Kier alpha value is -2.69. The van der Waals surface area contributed by atoms with Crippen molar-refractivity contribution >= 4 is 16.9 Å². The van der Waals surface area contributed by atoms with E-state index in [0.29, 0.717) is 24.2 Å². The van der Waals surface area contributed by atoms with E-state index in [2.05, 4.69) is 57.5 Å². The van der Waals surface area contributed by atoms with Gasteiger partial charge in [-0.3, -0.25) is 9.78 Å². The number of rotatable bonds is 7. The Balaban J connectivity index is 1.34. The summed E-state index contributed by atoms with van der Waals surface area (Å²) in [5, 5.41) is 0. The van der Waals surface area contributed by atoms with Crippen molar-refractivity contribution in [2.45, 2.75) is 58.4 Å².